The number of aliphatic hydroxyl groups excluding tert-OH is 1. The maximum Gasteiger partial charge on any atom is 0.259 e. The average molecular weight is 482 g/mol. The largest absolute Gasteiger partial charge is 0.508 e. The Hall–Kier alpha value is -2.41. The fourth-order valence-corrected chi connectivity index (χ4v) is 6.26. The van der Waals surface area contributed by atoms with E-state index < -0.39 is 5.60 Å². The Morgan fingerprint density at radius 2 is 1.60 bits per heavy atom. The van der Waals surface area contributed by atoms with Crippen LogP contribution in [0.5, 0.6) is 5.75 Å². The van der Waals surface area contributed by atoms with Gasteiger partial charge in [0, 0.05) is 38.3 Å². The Morgan fingerprint density at radius 1 is 0.971 bits per heavy atom. The van der Waals surface area contributed by atoms with E-state index in [2.05, 4.69) is 7.05 Å². The third kappa shape index (κ3) is 5.55. The first kappa shape index (κ1) is 25.7. The molecule has 1 amide bonds. The van der Waals surface area contributed by atoms with Gasteiger partial charge in [0.05, 0.1) is 26.2 Å². The van der Waals surface area contributed by atoms with Crippen molar-refractivity contribution >= 4 is 5.91 Å². The zero-order valence-electron chi connectivity index (χ0n) is 21.0. The predicted octanol–water partition coefficient (Wildman–Crippen LogP) is 3.44. The number of aliphatic hydroxyl groups is 2. The molecule has 1 heterocycles. The third-order valence-corrected chi connectivity index (χ3v) is 8.58. The second kappa shape index (κ2) is 11.1. The second-order valence-electron chi connectivity index (χ2n) is 10.7. The van der Waals surface area contributed by atoms with E-state index in [1.807, 2.05) is 47.4 Å². The summed E-state index contributed by atoms with van der Waals surface area (Å²) in [6.07, 6.45) is 6.47. The minimum absolute atomic E-state index is 0.0316. The van der Waals surface area contributed by atoms with Gasteiger partial charge in [-0.25, -0.2) is 0 Å². The van der Waals surface area contributed by atoms with Gasteiger partial charge in [-0.3, -0.25) is 4.79 Å². The molecule has 0 bridgehead atoms. The monoisotopic (exact) mass is 481 g/mol. The molecule has 190 valence electrons. The number of carbonyl (C=O) groups is 1. The van der Waals surface area contributed by atoms with Crippen LogP contribution in [0.3, 0.4) is 0 Å². The molecule has 1 aliphatic heterocycles. The number of carbonyl (C=O) groups excluding carboxylic acids is 1. The molecule has 4 rings (SSSR count). The summed E-state index contributed by atoms with van der Waals surface area (Å²) in [6, 6.07) is 17.2. The highest BCUT2D eigenvalue weighted by Gasteiger charge is 2.49. The molecule has 1 aliphatic carbocycles. The van der Waals surface area contributed by atoms with Crippen LogP contribution in [-0.2, 0) is 16.8 Å². The first-order chi connectivity index (χ1) is 16.9. The van der Waals surface area contributed by atoms with E-state index >= 15 is 0 Å². The number of benzene rings is 2. The van der Waals surface area contributed by atoms with Gasteiger partial charge in [0.25, 0.3) is 5.91 Å². The minimum Gasteiger partial charge on any atom is -0.508 e. The first-order valence-corrected chi connectivity index (χ1v) is 13.2. The number of piperidine rings is 1. The van der Waals surface area contributed by atoms with Crippen molar-refractivity contribution in [3.8, 4) is 5.75 Å². The number of likely N-dealkylation sites (N-methyl/N-ethyl adjacent to an activating group) is 1. The van der Waals surface area contributed by atoms with Crippen LogP contribution in [0.15, 0.2) is 54.6 Å². The van der Waals surface area contributed by atoms with Gasteiger partial charge in [0.2, 0.25) is 0 Å². The van der Waals surface area contributed by atoms with E-state index in [1.165, 1.54) is 5.56 Å². The van der Waals surface area contributed by atoms with Crippen LogP contribution < -0.4 is 0 Å². The van der Waals surface area contributed by atoms with Gasteiger partial charge < -0.3 is 24.7 Å². The molecule has 6 nitrogen and oxygen atoms in total. The maximum absolute atomic E-state index is 13.8. The van der Waals surface area contributed by atoms with Gasteiger partial charge in [-0.2, -0.15) is 0 Å². The van der Waals surface area contributed by atoms with Crippen molar-refractivity contribution in [3.05, 3.63) is 65.7 Å². The van der Waals surface area contributed by atoms with E-state index in [-0.39, 0.29) is 24.2 Å². The minimum atomic E-state index is -1.45. The van der Waals surface area contributed by atoms with Crippen LogP contribution in [0.2, 0.25) is 0 Å². The summed E-state index contributed by atoms with van der Waals surface area (Å²) in [4.78, 5) is 15.7. The number of hydrogen-bond donors (Lipinski definition) is 3. The number of rotatable bonds is 9. The molecule has 2 aromatic rings. The zero-order valence-corrected chi connectivity index (χ0v) is 21.0. The Bertz CT molecular complexity index is 952. The number of amides is 1. The molecule has 1 saturated carbocycles. The summed E-state index contributed by atoms with van der Waals surface area (Å²) < 4.78 is 0.755. The molecule has 35 heavy (non-hydrogen) atoms. The average Bonchev–Trinajstić information content (AvgIpc) is 3.44. The number of aromatic hydroxyl groups is 1. The van der Waals surface area contributed by atoms with Crippen LogP contribution in [0.25, 0.3) is 0 Å². The summed E-state index contributed by atoms with van der Waals surface area (Å²) in [5.74, 6) is 0.0943. The fourth-order valence-electron chi connectivity index (χ4n) is 6.26. The SMILES string of the molecule is C[N+](CCO)(CCc1ccc(O)cc1)C1CCN(C(=O)C(O)(c2ccccc2)C2CCCC2)CC1. The number of quaternary nitrogens is 1. The number of nitrogens with zero attached hydrogens (tertiary/aromatic N) is 2. The Kier molecular flexibility index (Phi) is 8.15. The quantitative estimate of drug-likeness (QED) is 0.480. The standard InChI is InChI=1S/C29H40N2O4/c1-31(21-22-32,20-17-23-11-13-27(33)14-12-23)26-15-18-30(19-16-26)28(34)29(35,25-9-5-6-10-25)24-7-3-2-4-8-24/h2-4,7-8,11-14,25-26,32,35H,5-6,9-10,15-22H2,1H3/p+1. The lowest BCUT2D eigenvalue weighted by atomic mass is 9.78. The normalized spacial score (nSPS) is 20.9. The lowest BCUT2D eigenvalue weighted by molar-refractivity contribution is -0.934. The van der Waals surface area contributed by atoms with Gasteiger partial charge in [0.1, 0.15) is 12.3 Å². The summed E-state index contributed by atoms with van der Waals surface area (Å²) in [5, 5.41) is 31.3. The van der Waals surface area contributed by atoms with Gasteiger partial charge in [-0.15, -0.1) is 0 Å². The molecule has 0 radical (unpaired) electrons. The van der Waals surface area contributed by atoms with Gasteiger partial charge in [-0.1, -0.05) is 55.3 Å². The van der Waals surface area contributed by atoms with Crippen molar-refractivity contribution in [1.29, 1.82) is 0 Å². The van der Waals surface area contributed by atoms with Crippen LogP contribution in [0.1, 0.15) is 49.7 Å². The highest BCUT2D eigenvalue weighted by atomic mass is 16.3. The lowest BCUT2D eigenvalue weighted by Crippen LogP contribution is -2.60. The fraction of sp³-hybridized carbons (Fsp3) is 0.552. The molecule has 2 fully saturated rings. The van der Waals surface area contributed by atoms with Crippen molar-refractivity contribution in [1.82, 2.24) is 4.90 Å². The molecule has 2 aliphatic rings. The van der Waals surface area contributed by atoms with Crippen molar-refractivity contribution < 1.29 is 24.6 Å². The summed E-state index contributed by atoms with van der Waals surface area (Å²) in [6.45, 7) is 2.95. The number of phenols is 1. The van der Waals surface area contributed by atoms with E-state index in [1.54, 1.807) is 12.1 Å². The predicted molar refractivity (Wildman–Crippen MR) is 137 cm³/mol. The summed E-state index contributed by atoms with van der Waals surface area (Å²) in [5.41, 5.74) is 0.434. The molecule has 1 saturated heterocycles. The van der Waals surface area contributed by atoms with E-state index in [4.69, 9.17) is 0 Å². The molecule has 2 atom stereocenters. The van der Waals surface area contributed by atoms with E-state index in [0.717, 1.165) is 56.0 Å². The van der Waals surface area contributed by atoms with Gasteiger partial charge in [-0.05, 0) is 36.1 Å². The van der Waals surface area contributed by atoms with E-state index in [0.29, 0.717) is 31.2 Å². The Balaban J connectivity index is 1.44. The van der Waals surface area contributed by atoms with Gasteiger partial charge in [0.15, 0.2) is 5.60 Å². The van der Waals surface area contributed by atoms with Crippen molar-refractivity contribution in [2.75, 3.05) is 39.8 Å². The Morgan fingerprint density at radius 3 is 2.20 bits per heavy atom. The molecule has 6 heteroatoms. The molecule has 2 aromatic carbocycles. The molecular weight excluding hydrogens is 440 g/mol. The number of hydrogen-bond acceptors (Lipinski definition) is 4. The molecular formula is C29H41N2O4+. The summed E-state index contributed by atoms with van der Waals surface area (Å²) in [7, 11) is 2.21. The first-order valence-electron chi connectivity index (χ1n) is 13.2. The van der Waals surface area contributed by atoms with Gasteiger partial charge >= 0.3 is 0 Å². The lowest BCUT2D eigenvalue weighted by Gasteiger charge is -2.46. The molecule has 0 spiro atoms. The smallest absolute Gasteiger partial charge is 0.259 e. The maximum atomic E-state index is 13.8. The molecule has 2 unspecified atom stereocenters. The van der Waals surface area contributed by atoms with Crippen molar-refractivity contribution in [2.45, 2.75) is 56.6 Å². The molecule has 0 aromatic heterocycles. The molecule has 3 N–H and O–H groups in total. The zero-order chi connectivity index (χ0) is 24.9. The topological polar surface area (TPSA) is 81.0 Å². The van der Waals surface area contributed by atoms with Crippen molar-refractivity contribution in [3.63, 3.8) is 0 Å². The third-order valence-electron chi connectivity index (χ3n) is 8.58. The Labute approximate surface area is 209 Å². The van der Waals surface area contributed by atoms with E-state index in [9.17, 15) is 20.1 Å². The van der Waals surface area contributed by atoms with Crippen LogP contribution in [0, 0.1) is 5.92 Å². The second-order valence-corrected chi connectivity index (χ2v) is 10.7. The van der Waals surface area contributed by atoms with Crippen molar-refractivity contribution in [2.24, 2.45) is 5.92 Å². The van der Waals surface area contributed by atoms with Crippen LogP contribution in [0.4, 0.5) is 0 Å². The van der Waals surface area contributed by atoms with Crippen LogP contribution >= 0.6 is 0 Å². The number of likely N-dealkylation sites (tertiary alicyclic amines) is 1. The highest BCUT2D eigenvalue weighted by molar-refractivity contribution is 5.87. The highest BCUT2D eigenvalue weighted by Crippen LogP contribution is 2.42. The van der Waals surface area contributed by atoms with Crippen LogP contribution in [-0.4, -0.2) is 76.5 Å². The summed E-state index contributed by atoms with van der Waals surface area (Å²) >= 11 is 0. The number of phenolic OH excluding ortho intramolecular Hbond substituents is 1.